The highest BCUT2D eigenvalue weighted by atomic mass is 16.1. The van der Waals surface area contributed by atoms with Gasteiger partial charge in [-0.05, 0) is 33.2 Å². The van der Waals surface area contributed by atoms with Crippen molar-refractivity contribution in [1.82, 2.24) is 10.6 Å². The smallest absolute Gasteiger partial charge is 0.216 e. The van der Waals surface area contributed by atoms with Gasteiger partial charge >= 0.3 is 0 Å². The van der Waals surface area contributed by atoms with Crippen molar-refractivity contribution in [3.8, 4) is 6.07 Å². The molecule has 0 aromatic carbocycles. The summed E-state index contributed by atoms with van der Waals surface area (Å²) in [5, 5.41) is 14.7. The van der Waals surface area contributed by atoms with Gasteiger partial charge in [0.1, 0.15) is 0 Å². The molecule has 0 aliphatic rings. The summed E-state index contributed by atoms with van der Waals surface area (Å²) in [6, 6.07) is 2.27. The molecule has 0 spiro atoms. The maximum absolute atomic E-state index is 10.5. The van der Waals surface area contributed by atoms with Gasteiger partial charge in [0.2, 0.25) is 5.91 Å². The Labute approximate surface area is 92.0 Å². The van der Waals surface area contributed by atoms with Crippen LogP contribution in [0.4, 0.5) is 0 Å². The summed E-state index contributed by atoms with van der Waals surface area (Å²) in [4.78, 5) is 10.5. The van der Waals surface area contributed by atoms with Crippen LogP contribution in [0.1, 0.15) is 33.6 Å². The third-order valence-corrected chi connectivity index (χ3v) is 2.13. The number of carbonyl (C=O) groups excluding carboxylic acids is 1. The number of nitrogens with zero attached hydrogens (tertiary/aromatic N) is 1. The molecule has 4 nitrogen and oxygen atoms in total. The van der Waals surface area contributed by atoms with Crippen LogP contribution in [-0.4, -0.2) is 25.5 Å². The monoisotopic (exact) mass is 211 g/mol. The third-order valence-electron chi connectivity index (χ3n) is 2.13. The number of rotatable bonds is 7. The number of hydrogen-bond donors (Lipinski definition) is 2. The molecule has 0 atom stereocenters. The molecular formula is C11H21N3O. The lowest BCUT2D eigenvalue weighted by Crippen LogP contribution is -2.30. The molecule has 15 heavy (non-hydrogen) atoms. The molecule has 0 saturated carbocycles. The third kappa shape index (κ3) is 9.23. The first-order valence-electron chi connectivity index (χ1n) is 5.34. The number of nitrogens with one attached hydrogen (secondary N) is 2. The molecule has 0 rings (SSSR count). The number of hydrogen-bond acceptors (Lipinski definition) is 3. The molecule has 0 aromatic rings. The Kier molecular flexibility index (Phi) is 6.72. The lowest BCUT2D eigenvalue weighted by Gasteiger charge is -2.14. The van der Waals surface area contributed by atoms with E-state index in [1.807, 2.05) is 13.8 Å². The minimum atomic E-state index is -0.223. The molecule has 0 heterocycles. The van der Waals surface area contributed by atoms with Crippen LogP contribution in [0.5, 0.6) is 0 Å². The van der Waals surface area contributed by atoms with E-state index < -0.39 is 0 Å². The van der Waals surface area contributed by atoms with Gasteiger partial charge in [0.15, 0.2) is 0 Å². The van der Waals surface area contributed by atoms with E-state index in [-0.39, 0.29) is 11.3 Å². The molecule has 0 aliphatic heterocycles. The zero-order valence-electron chi connectivity index (χ0n) is 9.89. The van der Waals surface area contributed by atoms with Gasteiger partial charge in [-0.1, -0.05) is 0 Å². The van der Waals surface area contributed by atoms with E-state index in [0.29, 0.717) is 6.54 Å². The number of amides is 1. The van der Waals surface area contributed by atoms with Crippen molar-refractivity contribution in [1.29, 1.82) is 5.26 Å². The Hall–Kier alpha value is -1.08. The standard InChI is InChI=1S/C11H21N3O/c1-10(15)14-8-7-13-6-4-5-11(2,3)9-12/h13H,4-8H2,1-3H3,(H,14,15). The summed E-state index contributed by atoms with van der Waals surface area (Å²) in [5.41, 5.74) is -0.223. The molecule has 2 N–H and O–H groups in total. The highest BCUT2D eigenvalue weighted by molar-refractivity contribution is 5.72. The predicted octanol–water partition coefficient (Wildman–Crippen LogP) is 1.04. The lowest BCUT2D eigenvalue weighted by atomic mass is 9.90. The van der Waals surface area contributed by atoms with Gasteiger partial charge in [-0.3, -0.25) is 4.79 Å². The minimum absolute atomic E-state index is 0.00224. The van der Waals surface area contributed by atoms with E-state index in [9.17, 15) is 4.79 Å². The SMILES string of the molecule is CC(=O)NCCNCCCC(C)(C)C#N. The van der Waals surface area contributed by atoms with Gasteiger partial charge in [0, 0.05) is 20.0 Å². The van der Waals surface area contributed by atoms with Crippen LogP contribution in [0.15, 0.2) is 0 Å². The molecule has 86 valence electrons. The fourth-order valence-electron chi connectivity index (χ4n) is 1.16. The van der Waals surface area contributed by atoms with Crippen molar-refractivity contribution in [2.24, 2.45) is 5.41 Å². The molecule has 0 radical (unpaired) electrons. The average molecular weight is 211 g/mol. The summed E-state index contributed by atoms with van der Waals surface area (Å²) >= 11 is 0. The van der Waals surface area contributed by atoms with Crippen LogP contribution in [0.3, 0.4) is 0 Å². The second-order valence-electron chi connectivity index (χ2n) is 4.33. The first-order valence-corrected chi connectivity index (χ1v) is 5.34. The topological polar surface area (TPSA) is 64.9 Å². The maximum Gasteiger partial charge on any atom is 0.216 e. The molecule has 0 bridgehead atoms. The van der Waals surface area contributed by atoms with Crippen molar-refractivity contribution >= 4 is 5.91 Å². The average Bonchev–Trinajstić information content (AvgIpc) is 2.16. The summed E-state index contributed by atoms with van der Waals surface area (Å²) in [6.45, 7) is 7.75. The highest BCUT2D eigenvalue weighted by Crippen LogP contribution is 2.19. The van der Waals surface area contributed by atoms with Crippen molar-refractivity contribution < 1.29 is 4.79 Å². The van der Waals surface area contributed by atoms with Crippen LogP contribution in [0.25, 0.3) is 0 Å². The Balaban J connectivity index is 3.26. The largest absolute Gasteiger partial charge is 0.355 e. The van der Waals surface area contributed by atoms with Crippen LogP contribution in [-0.2, 0) is 4.79 Å². The van der Waals surface area contributed by atoms with Gasteiger partial charge in [-0.25, -0.2) is 0 Å². The van der Waals surface area contributed by atoms with Gasteiger partial charge in [-0.2, -0.15) is 5.26 Å². The van der Waals surface area contributed by atoms with E-state index in [1.54, 1.807) is 0 Å². The Bertz CT molecular complexity index is 230. The number of nitriles is 1. The first-order chi connectivity index (χ1) is 6.98. The van der Waals surface area contributed by atoms with Crippen molar-refractivity contribution in [2.75, 3.05) is 19.6 Å². The highest BCUT2D eigenvalue weighted by Gasteiger charge is 2.14. The van der Waals surface area contributed by atoms with Gasteiger partial charge in [0.25, 0.3) is 0 Å². The second-order valence-corrected chi connectivity index (χ2v) is 4.33. The zero-order valence-corrected chi connectivity index (χ0v) is 9.89. The van der Waals surface area contributed by atoms with Crippen molar-refractivity contribution in [2.45, 2.75) is 33.6 Å². The van der Waals surface area contributed by atoms with Gasteiger partial charge < -0.3 is 10.6 Å². The first kappa shape index (κ1) is 13.9. The fraction of sp³-hybridized carbons (Fsp3) is 0.818. The second kappa shape index (κ2) is 7.24. The maximum atomic E-state index is 10.5. The predicted molar refractivity (Wildman–Crippen MR) is 60.2 cm³/mol. The van der Waals surface area contributed by atoms with E-state index in [0.717, 1.165) is 25.9 Å². The normalized spacial score (nSPS) is 10.8. The lowest BCUT2D eigenvalue weighted by molar-refractivity contribution is -0.118. The quantitative estimate of drug-likeness (QED) is 0.618. The molecule has 0 fully saturated rings. The Morgan fingerprint density at radius 2 is 2.00 bits per heavy atom. The molecule has 0 unspecified atom stereocenters. The minimum Gasteiger partial charge on any atom is -0.355 e. The Morgan fingerprint density at radius 1 is 1.33 bits per heavy atom. The summed E-state index contributed by atoms with van der Waals surface area (Å²) in [6.07, 6.45) is 1.89. The molecule has 0 aliphatic carbocycles. The number of carbonyl (C=O) groups is 1. The summed E-state index contributed by atoms with van der Waals surface area (Å²) in [7, 11) is 0. The van der Waals surface area contributed by atoms with Crippen LogP contribution < -0.4 is 10.6 Å². The van der Waals surface area contributed by atoms with E-state index in [2.05, 4.69) is 16.7 Å². The van der Waals surface area contributed by atoms with E-state index in [1.165, 1.54) is 6.92 Å². The van der Waals surface area contributed by atoms with Crippen molar-refractivity contribution in [3.63, 3.8) is 0 Å². The summed E-state index contributed by atoms with van der Waals surface area (Å²) in [5.74, 6) is 0.00224. The zero-order chi connectivity index (χ0) is 11.7. The Morgan fingerprint density at radius 3 is 2.53 bits per heavy atom. The van der Waals surface area contributed by atoms with Crippen LogP contribution in [0.2, 0.25) is 0 Å². The summed E-state index contributed by atoms with van der Waals surface area (Å²) < 4.78 is 0. The molecular weight excluding hydrogens is 190 g/mol. The van der Waals surface area contributed by atoms with Gasteiger partial charge in [0.05, 0.1) is 11.5 Å². The molecule has 0 saturated heterocycles. The molecule has 0 aromatic heterocycles. The molecule has 1 amide bonds. The molecule has 4 heteroatoms. The van der Waals surface area contributed by atoms with E-state index >= 15 is 0 Å². The van der Waals surface area contributed by atoms with Gasteiger partial charge in [-0.15, -0.1) is 0 Å². The van der Waals surface area contributed by atoms with Crippen molar-refractivity contribution in [3.05, 3.63) is 0 Å². The fourth-order valence-corrected chi connectivity index (χ4v) is 1.16. The van der Waals surface area contributed by atoms with Crippen LogP contribution in [0, 0.1) is 16.7 Å². The van der Waals surface area contributed by atoms with E-state index in [4.69, 9.17) is 5.26 Å². The van der Waals surface area contributed by atoms with Crippen LogP contribution >= 0.6 is 0 Å².